The average Bonchev–Trinajstić information content (AvgIpc) is 2.97. The largest absolute Gasteiger partial charge is 0.356 e. The van der Waals surface area contributed by atoms with E-state index >= 15 is 0 Å². The second-order valence-corrected chi connectivity index (χ2v) is 10.5. The monoisotopic (exact) mass is 565 g/mol. The van der Waals surface area contributed by atoms with Gasteiger partial charge in [-0.3, -0.25) is 19.5 Å². The Kier molecular flexibility index (Phi) is 7.34. The number of rotatable bonds is 8. The SMILES string of the molecule is C=C(Nc1ccc(-c2ccc(C(=O)Nc3cccc4cccc(S(=O)(=O)O)c34)cc2)cc1)c1ccc([N+](=O)[O-])cc1. The van der Waals surface area contributed by atoms with E-state index < -0.39 is 20.9 Å². The number of non-ortho nitro benzene ring substituents is 1. The highest BCUT2D eigenvalue weighted by molar-refractivity contribution is 7.86. The number of carbonyl (C=O) groups is 1. The van der Waals surface area contributed by atoms with E-state index in [4.69, 9.17) is 0 Å². The maximum atomic E-state index is 13.0. The highest BCUT2D eigenvalue weighted by Crippen LogP contribution is 2.31. The quantitative estimate of drug-likeness (QED) is 0.105. The van der Waals surface area contributed by atoms with Crippen LogP contribution in [0.4, 0.5) is 17.1 Å². The topological polar surface area (TPSA) is 139 Å². The Morgan fingerprint density at radius 1 is 0.756 bits per heavy atom. The molecular weight excluding hydrogens is 542 g/mol. The Labute approximate surface area is 235 Å². The smallest absolute Gasteiger partial charge is 0.295 e. The van der Waals surface area contributed by atoms with Crippen LogP contribution < -0.4 is 10.6 Å². The van der Waals surface area contributed by atoms with E-state index in [1.165, 1.54) is 24.3 Å². The van der Waals surface area contributed by atoms with Gasteiger partial charge in [0.05, 0.1) is 10.6 Å². The lowest BCUT2D eigenvalue weighted by atomic mass is 10.0. The number of carbonyl (C=O) groups excluding carboxylic acids is 1. The Morgan fingerprint density at radius 3 is 1.90 bits per heavy atom. The van der Waals surface area contributed by atoms with Crippen molar-refractivity contribution in [3.05, 3.63) is 137 Å². The third-order valence-electron chi connectivity index (χ3n) is 6.48. The van der Waals surface area contributed by atoms with Crippen molar-refractivity contribution in [2.24, 2.45) is 0 Å². The minimum absolute atomic E-state index is 0.00857. The highest BCUT2D eigenvalue weighted by Gasteiger charge is 2.18. The molecule has 0 saturated carbocycles. The maximum Gasteiger partial charge on any atom is 0.295 e. The minimum Gasteiger partial charge on any atom is -0.356 e. The van der Waals surface area contributed by atoms with Crippen molar-refractivity contribution in [2.75, 3.05) is 10.6 Å². The van der Waals surface area contributed by atoms with Crippen LogP contribution in [0.2, 0.25) is 0 Å². The van der Waals surface area contributed by atoms with Gasteiger partial charge in [0, 0.05) is 34.5 Å². The zero-order valence-electron chi connectivity index (χ0n) is 21.4. The van der Waals surface area contributed by atoms with Crippen LogP contribution in [0.25, 0.3) is 27.6 Å². The second kappa shape index (κ2) is 11.0. The van der Waals surface area contributed by atoms with Crippen LogP contribution in [0, 0.1) is 10.1 Å². The summed E-state index contributed by atoms with van der Waals surface area (Å²) in [7, 11) is -4.50. The molecule has 0 radical (unpaired) electrons. The fourth-order valence-electron chi connectivity index (χ4n) is 4.41. The van der Waals surface area contributed by atoms with Crippen molar-refractivity contribution in [1.82, 2.24) is 0 Å². The van der Waals surface area contributed by atoms with Gasteiger partial charge in [0.1, 0.15) is 4.90 Å². The number of nitrogens with one attached hydrogen (secondary N) is 2. The predicted molar refractivity (Wildman–Crippen MR) is 159 cm³/mol. The molecule has 0 heterocycles. The van der Waals surface area contributed by atoms with Crippen LogP contribution in [-0.4, -0.2) is 23.8 Å². The first kappa shape index (κ1) is 27.3. The summed E-state index contributed by atoms with van der Waals surface area (Å²) >= 11 is 0. The lowest BCUT2D eigenvalue weighted by molar-refractivity contribution is -0.384. The molecule has 0 unspecified atom stereocenters. The van der Waals surface area contributed by atoms with E-state index in [1.54, 1.807) is 60.7 Å². The number of nitrogens with zero attached hydrogens (tertiary/aromatic N) is 1. The summed E-state index contributed by atoms with van der Waals surface area (Å²) < 4.78 is 33.5. The fraction of sp³-hybridized carbons (Fsp3) is 0. The van der Waals surface area contributed by atoms with E-state index in [2.05, 4.69) is 17.2 Å². The van der Waals surface area contributed by atoms with Crippen molar-refractivity contribution < 1.29 is 22.7 Å². The number of hydrogen-bond acceptors (Lipinski definition) is 6. The number of benzene rings is 5. The molecule has 3 N–H and O–H groups in total. The van der Waals surface area contributed by atoms with Crippen LogP contribution in [0.5, 0.6) is 0 Å². The number of nitro benzene ring substituents is 1. The summed E-state index contributed by atoms with van der Waals surface area (Å²) in [5.41, 5.74) is 4.54. The van der Waals surface area contributed by atoms with Crippen LogP contribution >= 0.6 is 0 Å². The molecule has 1 amide bonds. The van der Waals surface area contributed by atoms with Gasteiger partial charge in [-0.15, -0.1) is 0 Å². The lowest BCUT2D eigenvalue weighted by Crippen LogP contribution is -2.13. The van der Waals surface area contributed by atoms with E-state index in [0.717, 1.165) is 22.4 Å². The molecule has 5 aromatic carbocycles. The molecule has 0 aromatic heterocycles. The molecule has 0 aliphatic heterocycles. The Balaban J connectivity index is 1.29. The lowest BCUT2D eigenvalue weighted by Gasteiger charge is -2.12. The normalized spacial score (nSPS) is 11.1. The standard InChI is InChI=1S/C31H23N3O6S/c1-20(21-14-18-27(19-15-21)34(36)37)32-26-16-12-23(13-17-26)22-8-10-25(11-9-22)31(35)33-28-6-2-4-24-5-3-7-29(30(24)28)41(38,39)40/h2-19,32H,1H2,(H,33,35)(H,38,39,40). The van der Waals surface area contributed by atoms with Gasteiger partial charge in [0.15, 0.2) is 0 Å². The van der Waals surface area contributed by atoms with Crippen molar-refractivity contribution in [3.63, 3.8) is 0 Å². The van der Waals surface area contributed by atoms with Gasteiger partial charge in [0.25, 0.3) is 21.7 Å². The van der Waals surface area contributed by atoms with Gasteiger partial charge in [-0.25, -0.2) is 0 Å². The predicted octanol–water partition coefficient (Wildman–Crippen LogP) is 7.00. The van der Waals surface area contributed by atoms with Gasteiger partial charge in [-0.2, -0.15) is 8.42 Å². The Bertz CT molecular complexity index is 1900. The number of nitro groups is 1. The fourth-order valence-corrected chi connectivity index (χ4v) is 5.15. The number of anilines is 2. The van der Waals surface area contributed by atoms with Crippen LogP contribution in [0.3, 0.4) is 0 Å². The van der Waals surface area contributed by atoms with E-state index in [-0.39, 0.29) is 21.7 Å². The van der Waals surface area contributed by atoms with Crippen molar-refractivity contribution in [3.8, 4) is 11.1 Å². The van der Waals surface area contributed by atoms with E-state index in [1.807, 2.05) is 24.3 Å². The second-order valence-electron chi connectivity index (χ2n) is 9.15. The molecule has 5 rings (SSSR count). The summed E-state index contributed by atoms with van der Waals surface area (Å²) in [6.07, 6.45) is 0. The number of hydrogen-bond donors (Lipinski definition) is 3. The number of fused-ring (bicyclic) bond motifs is 1. The number of amides is 1. The molecule has 0 aliphatic rings. The molecule has 0 saturated heterocycles. The van der Waals surface area contributed by atoms with Crippen LogP contribution in [0.15, 0.2) is 121 Å². The van der Waals surface area contributed by atoms with Crippen molar-refractivity contribution >= 4 is 49.6 Å². The zero-order chi connectivity index (χ0) is 29.1. The average molecular weight is 566 g/mol. The van der Waals surface area contributed by atoms with Crippen molar-refractivity contribution in [1.29, 1.82) is 0 Å². The first-order valence-corrected chi connectivity index (χ1v) is 13.8. The molecule has 0 aliphatic carbocycles. The third kappa shape index (κ3) is 5.98. The zero-order valence-corrected chi connectivity index (χ0v) is 22.3. The van der Waals surface area contributed by atoms with Crippen molar-refractivity contribution in [2.45, 2.75) is 4.90 Å². The van der Waals surface area contributed by atoms with Crippen LogP contribution in [-0.2, 0) is 10.1 Å². The van der Waals surface area contributed by atoms with Gasteiger partial charge in [0.2, 0.25) is 0 Å². The van der Waals surface area contributed by atoms with E-state index in [9.17, 15) is 27.9 Å². The molecule has 204 valence electrons. The molecule has 9 nitrogen and oxygen atoms in total. The highest BCUT2D eigenvalue weighted by atomic mass is 32.2. The Hall–Kier alpha value is -5.32. The summed E-state index contributed by atoms with van der Waals surface area (Å²) in [6.45, 7) is 4.00. The van der Waals surface area contributed by atoms with E-state index in [0.29, 0.717) is 16.6 Å². The summed E-state index contributed by atoms with van der Waals surface area (Å²) in [5.74, 6) is -0.432. The molecule has 10 heteroatoms. The third-order valence-corrected chi connectivity index (χ3v) is 7.38. The maximum absolute atomic E-state index is 13.0. The molecule has 41 heavy (non-hydrogen) atoms. The summed E-state index contributed by atoms with van der Waals surface area (Å²) in [6, 6.07) is 30.1. The summed E-state index contributed by atoms with van der Waals surface area (Å²) in [4.78, 5) is 23.1. The first-order chi connectivity index (χ1) is 19.6. The Morgan fingerprint density at radius 2 is 1.32 bits per heavy atom. The molecular formula is C31H23N3O6S. The molecule has 0 bridgehead atoms. The van der Waals surface area contributed by atoms with Gasteiger partial charge < -0.3 is 10.6 Å². The molecule has 0 spiro atoms. The summed E-state index contributed by atoms with van der Waals surface area (Å²) in [5, 5.41) is 17.6. The van der Waals surface area contributed by atoms with Crippen LogP contribution in [0.1, 0.15) is 15.9 Å². The molecule has 0 fully saturated rings. The molecule has 0 atom stereocenters. The first-order valence-electron chi connectivity index (χ1n) is 12.3. The van der Waals surface area contributed by atoms with Gasteiger partial charge in [-0.1, -0.05) is 55.1 Å². The van der Waals surface area contributed by atoms with Gasteiger partial charge in [-0.05, 0) is 70.6 Å². The molecule has 5 aromatic rings. The minimum atomic E-state index is -4.50. The van der Waals surface area contributed by atoms with Gasteiger partial charge >= 0.3 is 0 Å².